The lowest BCUT2D eigenvalue weighted by Crippen LogP contribution is -2.27. The number of nitrogens with one attached hydrogen (secondary N) is 1. The van der Waals surface area contributed by atoms with Crippen LogP contribution in [0.25, 0.3) is 0 Å². The number of hydrogen-bond donors (Lipinski definition) is 2. The van der Waals surface area contributed by atoms with Gasteiger partial charge in [0.15, 0.2) is 0 Å². The van der Waals surface area contributed by atoms with Crippen LogP contribution in [-0.2, 0) is 4.79 Å². The van der Waals surface area contributed by atoms with Gasteiger partial charge in [-0.1, -0.05) is 44.2 Å². The fourth-order valence-electron chi connectivity index (χ4n) is 1.91. The first-order valence-corrected chi connectivity index (χ1v) is 6.59. The van der Waals surface area contributed by atoms with E-state index in [1.165, 1.54) is 6.42 Å². The van der Waals surface area contributed by atoms with E-state index in [1.54, 1.807) is 0 Å². The number of carbonyl (C=O) groups is 1. The highest BCUT2D eigenvalue weighted by atomic mass is 16.4. The molecule has 0 fully saturated rings. The summed E-state index contributed by atoms with van der Waals surface area (Å²) < 4.78 is 0. The predicted octanol–water partition coefficient (Wildman–Crippen LogP) is 2.88. The molecule has 0 aromatic heterocycles. The molecule has 0 saturated carbocycles. The van der Waals surface area contributed by atoms with E-state index in [1.807, 2.05) is 30.3 Å². The molecular formula is C15H23NO2. The van der Waals surface area contributed by atoms with E-state index in [4.69, 9.17) is 0 Å². The van der Waals surface area contributed by atoms with Crippen LogP contribution in [0.4, 0.5) is 0 Å². The number of rotatable bonds is 8. The molecule has 0 heterocycles. The lowest BCUT2D eigenvalue weighted by Gasteiger charge is -2.14. The van der Waals surface area contributed by atoms with Gasteiger partial charge in [0.2, 0.25) is 0 Å². The van der Waals surface area contributed by atoms with Gasteiger partial charge >= 0.3 is 5.97 Å². The van der Waals surface area contributed by atoms with E-state index in [9.17, 15) is 9.90 Å². The Bertz CT molecular complexity index is 349. The lowest BCUT2D eigenvalue weighted by molar-refractivity contribution is -0.138. The summed E-state index contributed by atoms with van der Waals surface area (Å²) in [5, 5.41) is 12.5. The van der Waals surface area contributed by atoms with Crippen molar-refractivity contribution in [3.63, 3.8) is 0 Å². The second-order valence-corrected chi connectivity index (χ2v) is 5.04. The molecule has 0 amide bonds. The zero-order valence-electron chi connectivity index (χ0n) is 11.2. The molecule has 1 unspecified atom stereocenters. The first-order valence-electron chi connectivity index (χ1n) is 6.59. The van der Waals surface area contributed by atoms with E-state index in [-0.39, 0.29) is 0 Å². The first kappa shape index (κ1) is 14.7. The summed E-state index contributed by atoms with van der Waals surface area (Å²) in [5.41, 5.74) is 0.862. The normalized spacial score (nSPS) is 12.6. The van der Waals surface area contributed by atoms with Crippen molar-refractivity contribution in [2.24, 2.45) is 5.92 Å². The molecule has 2 N–H and O–H groups in total. The monoisotopic (exact) mass is 249 g/mol. The molecule has 1 atom stereocenters. The maximum atomic E-state index is 11.2. The Morgan fingerprint density at radius 3 is 2.50 bits per heavy atom. The quantitative estimate of drug-likeness (QED) is 0.696. The van der Waals surface area contributed by atoms with E-state index in [0.717, 1.165) is 18.5 Å². The minimum atomic E-state index is -0.766. The molecule has 0 bridgehead atoms. The van der Waals surface area contributed by atoms with Crippen LogP contribution in [0, 0.1) is 5.92 Å². The second-order valence-electron chi connectivity index (χ2n) is 5.04. The highest BCUT2D eigenvalue weighted by Gasteiger charge is 2.18. The van der Waals surface area contributed by atoms with Crippen molar-refractivity contribution in [3.8, 4) is 0 Å². The predicted molar refractivity (Wildman–Crippen MR) is 73.8 cm³/mol. The van der Waals surface area contributed by atoms with Gasteiger partial charge in [0, 0.05) is 6.54 Å². The molecule has 1 rings (SSSR count). The fourth-order valence-corrected chi connectivity index (χ4v) is 1.91. The third-order valence-corrected chi connectivity index (χ3v) is 2.98. The summed E-state index contributed by atoms with van der Waals surface area (Å²) >= 11 is 0. The van der Waals surface area contributed by atoms with Crippen molar-refractivity contribution >= 4 is 5.97 Å². The third-order valence-electron chi connectivity index (χ3n) is 2.98. The van der Waals surface area contributed by atoms with Crippen molar-refractivity contribution in [2.75, 3.05) is 13.1 Å². The highest BCUT2D eigenvalue weighted by molar-refractivity contribution is 5.76. The summed E-state index contributed by atoms with van der Waals surface area (Å²) in [5.74, 6) is -0.515. The van der Waals surface area contributed by atoms with E-state index in [2.05, 4.69) is 19.2 Å². The number of carboxylic acids is 1. The third kappa shape index (κ3) is 5.32. The number of aliphatic carboxylic acids is 1. The topological polar surface area (TPSA) is 49.3 Å². The van der Waals surface area contributed by atoms with Crippen LogP contribution in [0.2, 0.25) is 0 Å². The summed E-state index contributed by atoms with van der Waals surface area (Å²) in [7, 11) is 0. The highest BCUT2D eigenvalue weighted by Crippen LogP contribution is 2.14. The molecular weight excluding hydrogens is 226 g/mol. The van der Waals surface area contributed by atoms with Crippen molar-refractivity contribution in [1.82, 2.24) is 5.32 Å². The Hall–Kier alpha value is -1.35. The molecule has 0 saturated heterocycles. The van der Waals surface area contributed by atoms with Gasteiger partial charge in [-0.05, 0) is 30.9 Å². The molecule has 0 spiro atoms. The van der Waals surface area contributed by atoms with Crippen LogP contribution >= 0.6 is 0 Å². The molecule has 0 aliphatic rings. The van der Waals surface area contributed by atoms with Crippen molar-refractivity contribution in [1.29, 1.82) is 0 Å². The average molecular weight is 249 g/mol. The molecule has 0 radical (unpaired) electrons. The maximum absolute atomic E-state index is 11.2. The smallest absolute Gasteiger partial charge is 0.312 e. The molecule has 3 nitrogen and oxygen atoms in total. The largest absolute Gasteiger partial charge is 0.481 e. The standard InChI is InChI=1S/C15H23NO2/c1-12(2)7-6-10-16-11-14(15(17)18)13-8-4-3-5-9-13/h3-5,8-9,12,14,16H,6-7,10-11H2,1-2H3,(H,17,18). The van der Waals surface area contributed by atoms with Crippen LogP contribution in [0.3, 0.4) is 0 Å². The van der Waals surface area contributed by atoms with E-state index >= 15 is 0 Å². The molecule has 100 valence electrons. The van der Waals surface area contributed by atoms with E-state index < -0.39 is 11.9 Å². The average Bonchev–Trinajstić information content (AvgIpc) is 2.34. The summed E-state index contributed by atoms with van der Waals surface area (Å²) in [6.07, 6.45) is 2.27. The van der Waals surface area contributed by atoms with Gasteiger partial charge in [-0.25, -0.2) is 0 Å². The molecule has 0 aliphatic heterocycles. The molecule has 3 heteroatoms. The minimum absolute atomic E-state index is 0.453. The first-order chi connectivity index (χ1) is 8.61. The molecule has 18 heavy (non-hydrogen) atoms. The van der Waals surface area contributed by atoms with Gasteiger partial charge in [0.1, 0.15) is 0 Å². The van der Waals surface area contributed by atoms with E-state index in [0.29, 0.717) is 12.5 Å². The second kappa shape index (κ2) is 7.88. The van der Waals surface area contributed by atoms with Crippen LogP contribution in [0.5, 0.6) is 0 Å². The molecule has 0 aliphatic carbocycles. The zero-order valence-corrected chi connectivity index (χ0v) is 11.2. The molecule has 1 aromatic rings. The van der Waals surface area contributed by atoms with Gasteiger partial charge in [0.25, 0.3) is 0 Å². The maximum Gasteiger partial charge on any atom is 0.312 e. The zero-order chi connectivity index (χ0) is 13.4. The fraction of sp³-hybridized carbons (Fsp3) is 0.533. The number of carboxylic acid groups (broad SMARTS) is 1. The Balaban J connectivity index is 2.38. The SMILES string of the molecule is CC(C)CCCNCC(C(=O)O)c1ccccc1. The van der Waals surface area contributed by atoms with Gasteiger partial charge in [-0.15, -0.1) is 0 Å². The van der Waals surface area contributed by atoms with Crippen LogP contribution in [0.15, 0.2) is 30.3 Å². The van der Waals surface area contributed by atoms with Crippen LogP contribution in [-0.4, -0.2) is 24.2 Å². The molecule has 1 aromatic carbocycles. The van der Waals surface area contributed by atoms with Crippen molar-refractivity contribution < 1.29 is 9.90 Å². The Morgan fingerprint density at radius 1 is 1.28 bits per heavy atom. The van der Waals surface area contributed by atoms with Gasteiger partial charge in [0.05, 0.1) is 5.92 Å². The van der Waals surface area contributed by atoms with Gasteiger partial charge in [-0.3, -0.25) is 4.79 Å². The Morgan fingerprint density at radius 2 is 1.94 bits per heavy atom. The number of hydrogen-bond acceptors (Lipinski definition) is 2. The Kier molecular flexibility index (Phi) is 6.44. The van der Waals surface area contributed by atoms with Crippen molar-refractivity contribution in [3.05, 3.63) is 35.9 Å². The minimum Gasteiger partial charge on any atom is -0.481 e. The number of benzene rings is 1. The van der Waals surface area contributed by atoms with Gasteiger partial charge in [-0.2, -0.15) is 0 Å². The summed E-state index contributed by atoms with van der Waals surface area (Å²) in [6, 6.07) is 9.40. The van der Waals surface area contributed by atoms with Crippen molar-refractivity contribution in [2.45, 2.75) is 32.6 Å². The van der Waals surface area contributed by atoms with Crippen LogP contribution < -0.4 is 5.32 Å². The van der Waals surface area contributed by atoms with Crippen LogP contribution in [0.1, 0.15) is 38.2 Å². The lowest BCUT2D eigenvalue weighted by atomic mass is 9.99. The summed E-state index contributed by atoms with van der Waals surface area (Å²) in [4.78, 5) is 11.2. The summed E-state index contributed by atoms with van der Waals surface area (Å²) in [6.45, 7) is 5.78. The van der Waals surface area contributed by atoms with Gasteiger partial charge < -0.3 is 10.4 Å². The Labute approximate surface area is 109 Å².